The second-order valence-corrected chi connectivity index (χ2v) is 9.36. The highest BCUT2D eigenvalue weighted by Gasteiger charge is 2.47. The predicted octanol–water partition coefficient (Wildman–Crippen LogP) is 3.38. The van der Waals surface area contributed by atoms with Gasteiger partial charge in [0.25, 0.3) is 0 Å². The van der Waals surface area contributed by atoms with Gasteiger partial charge in [0, 0.05) is 13.6 Å². The number of benzene rings is 2. The second-order valence-electron chi connectivity index (χ2n) is 9.36. The molecule has 3 amide bonds. The molecule has 0 aliphatic carbocycles. The molecule has 1 aliphatic rings. The van der Waals surface area contributed by atoms with E-state index >= 15 is 0 Å². The van der Waals surface area contributed by atoms with Crippen LogP contribution in [0.1, 0.15) is 38.3 Å². The van der Waals surface area contributed by atoms with Gasteiger partial charge in [0.15, 0.2) is 6.04 Å². The third kappa shape index (κ3) is 6.65. The van der Waals surface area contributed by atoms with E-state index in [1.807, 2.05) is 60.7 Å². The molecular weight excluding hydrogens is 418 g/mol. The Morgan fingerprint density at radius 1 is 1.03 bits per heavy atom. The van der Waals surface area contributed by atoms with Crippen LogP contribution in [0.5, 0.6) is 0 Å². The van der Waals surface area contributed by atoms with Crippen molar-refractivity contribution in [3.05, 3.63) is 71.8 Å². The Kier molecular flexibility index (Phi) is 7.87. The van der Waals surface area contributed by atoms with Crippen LogP contribution in [0.15, 0.2) is 60.7 Å². The average molecular weight is 452 g/mol. The summed E-state index contributed by atoms with van der Waals surface area (Å²) in [6.45, 7) is 5.88. The Balaban J connectivity index is 1.80. The number of aryl methyl sites for hydroxylation is 1. The lowest BCUT2D eigenvalue weighted by atomic mass is 10.0. The summed E-state index contributed by atoms with van der Waals surface area (Å²) >= 11 is 0. The summed E-state index contributed by atoms with van der Waals surface area (Å²) in [4.78, 5) is 41.8. The van der Waals surface area contributed by atoms with Crippen molar-refractivity contribution in [1.82, 2.24) is 15.1 Å². The molecule has 1 aliphatic heterocycles. The van der Waals surface area contributed by atoms with E-state index in [2.05, 4.69) is 5.32 Å². The molecule has 3 rings (SSSR count). The molecule has 0 saturated carbocycles. The van der Waals surface area contributed by atoms with Crippen molar-refractivity contribution in [3.8, 4) is 0 Å². The Morgan fingerprint density at radius 3 is 2.18 bits per heavy atom. The number of imide groups is 1. The molecule has 33 heavy (non-hydrogen) atoms. The standard InChI is InChI=1S/C26H33N3O4/c1-26(2,3)33-24(31)22-18-28(4)25(32)29(22)23(30)21(16-15-19-11-7-5-8-12-19)27-17-20-13-9-6-10-14-20/h5-14,21-22,27H,15-18H2,1-4H3/t21-,22-/m0/s1. The highest BCUT2D eigenvalue weighted by molar-refractivity contribution is 6.03. The first-order valence-corrected chi connectivity index (χ1v) is 11.3. The molecule has 2 aromatic carbocycles. The number of hydrogen-bond donors (Lipinski definition) is 1. The van der Waals surface area contributed by atoms with Gasteiger partial charge < -0.3 is 15.0 Å². The number of esters is 1. The predicted molar refractivity (Wildman–Crippen MR) is 126 cm³/mol. The summed E-state index contributed by atoms with van der Waals surface area (Å²) in [6.07, 6.45) is 1.15. The van der Waals surface area contributed by atoms with E-state index in [0.717, 1.165) is 16.0 Å². The van der Waals surface area contributed by atoms with Gasteiger partial charge in [-0.05, 0) is 44.7 Å². The number of nitrogens with one attached hydrogen (secondary N) is 1. The number of amides is 3. The van der Waals surface area contributed by atoms with Crippen molar-refractivity contribution in [1.29, 1.82) is 0 Å². The van der Waals surface area contributed by atoms with Gasteiger partial charge in [-0.3, -0.25) is 4.79 Å². The van der Waals surface area contributed by atoms with Crippen LogP contribution < -0.4 is 5.32 Å². The van der Waals surface area contributed by atoms with Gasteiger partial charge in [-0.15, -0.1) is 0 Å². The molecule has 2 aromatic rings. The molecule has 0 radical (unpaired) electrons. The monoisotopic (exact) mass is 451 g/mol. The Bertz CT molecular complexity index is 913. The number of urea groups is 1. The first-order valence-electron chi connectivity index (χ1n) is 11.3. The Labute approximate surface area is 195 Å². The maximum atomic E-state index is 13.6. The quantitative estimate of drug-likeness (QED) is 0.623. The SMILES string of the molecule is CN1C[C@@H](C(=O)OC(C)(C)C)N(C(=O)[C@H](CCc2ccccc2)NCc2ccccc2)C1=O. The topological polar surface area (TPSA) is 79.0 Å². The molecule has 0 unspecified atom stereocenters. The lowest BCUT2D eigenvalue weighted by Crippen LogP contribution is -2.53. The molecule has 2 atom stereocenters. The van der Waals surface area contributed by atoms with Crippen molar-refractivity contribution >= 4 is 17.9 Å². The third-order valence-electron chi connectivity index (χ3n) is 5.47. The van der Waals surface area contributed by atoms with Gasteiger partial charge in [-0.1, -0.05) is 60.7 Å². The summed E-state index contributed by atoms with van der Waals surface area (Å²) in [7, 11) is 1.59. The van der Waals surface area contributed by atoms with Crippen LogP contribution in [0.2, 0.25) is 0 Å². The van der Waals surface area contributed by atoms with Gasteiger partial charge in [0.2, 0.25) is 5.91 Å². The van der Waals surface area contributed by atoms with E-state index < -0.39 is 35.6 Å². The fraction of sp³-hybridized carbons (Fsp3) is 0.423. The number of nitrogens with zero attached hydrogens (tertiary/aromatic N) is 2. The lowest BCUT2D eigenvalue weighted by Gasteiger charge is -2.28. The number of carbonyl (C=O) groups is 3. The van der Waals surface area contributed by atoms with Gasteiger partial charge in [-0.25, -0.2) is 14.5 Å². The van der Waals surface area contributed by atoms with E-state index in [9.17, 15) is 14.4 Å². The van der Waals surface area contributed by atoms with Gasteiger partial charge in [0.05, 0.1) is 12.6 Å². The highest BCUT2D eigenvalue weighted by Crippen LogP contribution is 2.21. The van der Waals surface area contributed by atoms with Crippen LogP contribution >= 0.6 is 0 Å². The van der Waals surface area contributed by atoms with Crippen LogP contribution in [0.3, 0.4) is 0 Å². The van der Waals surface area contributed by atoms with Crippen molar-refractivity contribution in [2.24, 2.45) is 0 Å². The second kappa shape index (κ2) is 10.6. The van der Waals surface area contributed by atoms with E-state index in [4.69, 9.17) is 4.74 Å². The van der Waals surface area contributed by atoms with Crippen LogP contribution in [-0.2, 0) is 27.3 Å². The zero-order chi connectivity index (χ0) is 24.0. The minimum Gasteiger partial charge on any atom is -0.458 e. The molecule has 176 valence electrons. The Morgan fingerprint density at radius 2 is 1.61 bits per heavy atom. The molecule has 1 fully saturated rings. The number of likely N-dealkylation sites (N-methyl/N-ethyl adjacent to an activating group) is 1. The molecule has 7 heteroatoms. The molecule has 7 nitrogen and oxygen atoms in total. The minimum atomic E-state index is -0.966. The van der Waals surface area contributed by atoms with Gasteiger partial charge in [0.1, 0.15) is 5.60 Å². The van der Waals surface area contributed by atoms with E-state index in [0.29, 0.717) is 19.4 Å². The molecule has 0 aromatic heterocycles. The van der Waals surface area contributed by atoms with Gasteiger partial charge >= 0.3 is 12.0 Å². The molecule has 0 spiro atoms. The maximum Gasteiger partial charge on any atom is 0.331 e. The summed E-state index contributed by atoms with van der Waals surface area (Å²) in [5, 5.41) is 3.31. The number of carbonyl (C=O) groups excluding carboxylic acids is 3. The molecule has 1 saturated heterocycles. The summed E-state index contributed by atoms with van der Waals surface area (Å²) in [5.74, 6) is -0.981. The number of rotatable bonds is 8. The first-order chi connectivity index (χ1) is 15.7. The molecule has 1 heterocycles. The van der Waals surface area contributed by atoms with E-state index in [-0.39, 0.29) is 6.54 Å². The Hall–Kier alpha value is -3.19. The average Bonchev–Trinajstić information content (AvgIpc) is 3.08. The number of hydrogen-bond acceptors (Lipinski definition) is 5. The molecule has 0 bridgehead atoms. The summed E-state index contributed by atoms with van der Waals surface area (Å²) < 4.78 is 5.50. The van der Waals surface area contributed by atoms with E-state index in [1.165, 1.54) is 4.90 Å². The number of ether oxygens (including phenoxy) is 1. The normalized spacial score (nSPS) is 17.2. The smallest absolute Gasteiger partial charge is 0.331 e. The van der Waals surface area contributed by atoms with Crippen LogP contribution in [0, 0.1) is 0 Å². The lowest BCUT2D eigenvalue weighted by molar-refractivity contribution is -0.162. The third-order valence-corrected chi connectivity index (χ3v) is 5.47. The zero-order valence-corrected chi connectivity index (χ0v) is 19.8. The van der Waals surface area contributed by atoms with Crippen molar-refractivity contribution in [2.45, 2.75) is 57.8 Å². The van der Waals surface area contributed by atoms with Crippen LogP contribution in [0.25, 0.3) is 0 Å². The fourth-order valence-electron chi connectivity index (χ4n) is 3.81. The van der Waals surface area contributed by atoms with Crippen LogP contribution in [-0.4, -0.2) is 59.0 Å². The molecular formula is C26H33N3O4. The zero-order valence-electron chi connectivity index (χ0n) is 19.8. The fourth-order valence-corrected chi connectivity index (χ4v) is 3.81. The van der Waals surface area contributed by atoms with Crippen molar-refractivity contribution in [3.63, 3.8) is 0 Å². The minimum absolute atomic E-state index is 0.115. The van der Waals surface area contributed by atoms with E-state index in [1.54, 1.807) is 27.8 Å². The summed E-state index contributed by atoms with van der Waals surface area (Å²) in [6, 6.07) is 17.6. The largest absolute Gasteiger partial charge is 0.458 e. The first kappa shape index (κ1) is 24.5. The maximum absolute atomic E-state index is 13.6. The van der Waals surface area contributed by atoms with Crippen molar-refractivity contribution < 1.29 is 19.1 Å². The van der Waals surface area contributed by atoms with Crippen molar-refractivity contribution in [2.75, 3.05) is 13.6 Å². The highest BCUT2D eigenvalue weighted by atomic mass is 16.6. The molecule has 1 N–H and O–H groups in total. The van der Waals surface area contributed by atoms with Crippen LogP contribution in [0.4, 0.5) is 4.79 Å². The summed E-state index contributed by atoms with van der Waals surface area (Å²) in [5.41, 5.74) is 1.42. The van der Waals surface area contributed by atoms with Gasteiger partial charge in [-0.2, -0.15) is 0 Å².